The fourth-order valence-electron chi connectivity index (χ4n) is 2.56. The lowest BCUT2D eigenvalue weighted by atomic mass is 10.1. The minimum Gasteiger partial charge on any atom is -0.463 e. The van der Waals surface area contributed by atoms with Crippen LogP contribution in [0.2, 0.25) is 0 Å². The van der Waals surface area contributed by atoms with Gasteiger partial charge in [0.05, 0.1) is 36.7 Å². The molecule has 8 heteroatoms. The summed E-state index contributed by atoms with van der Waals surface area (Å²) in [4.78, 5) is 35.9. The zero-order valence-corrected chi connectivity index (χ0v) is 14.2. The number of hydrogen-bond acceptors (Lipinski definition) is 5. The van der Waals surface area contributed by atoms with E-state index in [0.29, 0.717) is 11.4 Å². The van der Waals surface area contributed by atoms with Gasteiger partial charge in [-0.2, -0.15) is 5.10 Å². The van der Waals surface area contributed by atoms with Crippen molar-refractivity contribution in [3.05, 3.63) is 64.1 Å². The Bertz CT molecular complexity index is 918. The van der Waals surface area contributed by atoms with Crippen molar-refractivity contribution in [2.24, 2.45) is 0 Å². The first-order valence-electron chi connectivity index (χ1n) is 8.16. The summed E-state index contributed by atoms with van der Waals surface area (Å²) in [6.07, 6.45) is 0. The molecule has 26 heavy (non-hydrogen) atoms. The van der Waals surface area contributed by atoms with Gasteiger partial charge < -0.3 is 15.4 Å². The van der Waals surface area contributed by atoms with E-state index in [1.165, 1.54) is 10.7 Å². The number of nitrogens with one attached hydrogen (secondary N) is 2. The molecule has 0 saturated carbocycles. The van der Waals surface area contributed by atoms with Gasteiger partial charge in [0.25, 0.3) is 5.56 Å². The zero-order chi connectivity index (χ0) is 18.5. The standard InChI is InChI=1S/C18H18N4O4/c1-2-26-17(24)13-10-19-18(25)20-15(13)11-22-16(23)9-8-14(21-22)12-6-4-3-5-7-12/h3-9H,2,10-11H2,1H3,(H2,19,20,25). The highest BCUT2D eigenvalue weighted by Crippen LogP contribution is 2.15. The van der Waals surface area contributed by atoms with E-state index in [1.54, 1.807) is 13.0 Å². The van der Waals surface area contributed by atoms with E-state index in [4.69, 9.17) is 4.74 Å². The van der Waals surface area contributed by atoms with Crippen molar-refractivity contribution in [1.29, 1.82) is 0 Å². The molecule has 2 amide bonds. The van der Waals surface area contributed by atoms with E-state index in [0.717, 1.165) is 5.56 Å². The molecule has 0 radical (unpaired) electrons. The second kappa shape index (κ2) is 7.64. The molecule has 0 saturated heterocycles. The summed E-state index contributed by atoms with van der Waals surface area (Å²) in [5.74, 6) is -0.540. The number of nitrogens with zero attached hydrogens (tertiary/aromatic N) is 2. The highest BCUT2D eigenvalue weighted by atomic mass is 16.5. The van der Waals surface area contributed by atoms with Gasteiger partial charge in [0, 0.05) is 11.6 Å². The van der Waals surface area contributed by atoms with Crippen LogP contribution in [-0.4, -0.2) is 34.9 Å². The minimum atomic E-state index is -0.540. The van der Waals surface area contributed by atoms with E-state index in [2.05, 4.69) is 15.7 Å². The van der Waals surface area contributed by atoms with Crippen molar-refractivity contribution in [1.82, 2.24) is 20.4 Å². The average Bonchev–Trinajstić information content (AvgIpc) is 2.64. The largest absolute Gasteiger partial charge is 0.463 e. The number of ether oxygens (including phenoxy) is 1. The zero-order valence-electron chi connectivity index (χ0n) is 14.2. The molecule has 2 heterocycles. The molecule has 3 rings (SSSR count). The number of benzene rings is 1. The molecule has 1 aromatic heterocycles. The number of aromatic nitrogens is 2. The van der Waals surface area contributed by atoms with Gasteiger partial charge in [0.2, 0.25) is 0 Å². The molecular weight excluding hydrogens is 336 g/mol. The maximum absolute atomic E-state index is 12.2. The van der Waals surface area contributed by atoms with Crippen LogP contribution in [0.25, 0.3) is 11.3 Å². The van der Waals surface area contributed by atoms with Gasteiger partial charge in [-0.3, -0.25) is 4.79 Å². The van der Waals surface area contributed by atoms with Crippen molar-refractivity contribution in [3.8, 4) is 11.3 Å². The molecule has 134 valence electrons. The Kier molecular flexibility index (Phi) is 5.12. The summed E-state index contributed by atoms with van der Waals surface area (Å²) in [5.41, 5.74) is 1.70. The van der Waals surface area contributed by atoms with Crippen LogP contribution in [0, 0.1) is 0 Å². The number of rotatable bonds is 5. The van der Waals surface area contributed by atoms with E-state index in [-0.39, 0.29) is 30.8 Å². The Balaban J connectivity index is 1.96. The van der Waals surface area contributed by atoms with Crippen molar-refractivity contribution in [3.63, 3.8) is 0 Å². The van der Waals surface area contributed by atoms with Crippen LogP contribution in [0.4, 0.5) is 4.79 Å². The Morgan fingerprint density at radius 2 is 1.96 bits per heavy atom. The average molecular weight is 354 g/mol. The van der Waals surface area contributed by atoms with Crippen LogP contribution >= 0.6 is 0 Å². The van der Waals surface area contributed by atoms with Gasteiger partial charge in [-0.05, 0) is 13.0 Å². The van der Waals surface area contributed by atoms with Crippen molar-refractivity contribution in [2.45, 2.75) is 13.5 Å². The van der Waals surface area contributed by atoms with E-state index < -0.39 is 12.0 Å². The van der Waals surface area contributed by atoms with Crippen LogP contribution in [0.5, 0.6) is 0 Å². The summed E-state index contributed by atoms with van der Waals surface area (Å²) in [7, 11) is 0. The number of urea groups is 1. The van der Waals surface area contributed by atoms with Crippen molar-refractivity contribution < 1.29 is 14.3 Å². The second-order valence-electron chi connectivity index (χ2n) is 5.57. The maximum atomic E-state index is 12.2. The lowest BCUT2D eigenvalue weighted by molar-refractivity contribution is -0.138. The summed E-state index contributed by atoms with van der Waals surface area (Å²) in [6, 6.07) is 12.0. The Hall–Kier alpha value is -3.42. The molecule has 1 aliphatic rings. The first kappa shape index (κ1) is 17.4. The number of allylic oxidation sites excluding steroid dienone is 1. The van der Waals surface area contributed by atoms with Crippen LogP contribution in [-0.2, 0) is 16.1 Å². The quantitative estimate of drug-likeness (QED) is 0.781. The molecule has 0 atom stereocenters. The van der Waals surface area contributed by atoms with Gasteiger partial charge in [-0.25, -0.2) is 14.3 Å². The van der Waals surface area contributed by atoms with Gasteiger partial charge >= 0.3 is 12.0 Å². The molecule has 2 N–H and O–H groups in total. The lowest BCUT2D eigenvalue weighted by Gasteiger charge is -2.21. The third-order valence-corrected chi connectivity index (χ3v) is 3.82. The van der Waals surface area contributed by atoms with E-state index in [9.17, 15) is 14.4 Å². The highest BCUT2D eigenvalue weighted by Gasteiger charge is 2.24. The highest BCUT2D eigenvalue weighted by molar-refractivity contribution is 5.93. The van der Waals surface area contributed by atoms with Crippen LogP contribution in [0.3, 0.4) is 0 Å². The van der Waals surface area contributed by atoms with E-state index >= 15 is 0 Å². The number of hydrogen-bond donors (Lipinski definition) is 2. The second-order valence-corrected chi connectivity index (χ2v) is 5.57. The molecule has 0 spiro atoms. The predicted octanol–water partition coefficient (Wildman–Crippen LogP) is 1.04. The third kappa shape index (κ3) is 3.80. The Morgan fingerprint density at radius 3 is 2.69 bits per heavy atom. The van der Waals surface area contributed by atoms with Crippen LogP contribution in [0.1, 0.15) is 6.92 Å². The fraction of sp³-hybridized carbons (Fsp3) is 0.222. The summed E-state index contributed by atoms with van der Waals surface area (Å²) >= 11 is 0. The fourth-order valence-corrected chi connectivity index (χ4v) is 2.56. The van der Waals surface area contributed by atoms with Crippen molar-refractivity contribution in [2.75, 3.05) is 13.2 Å². The molecule has 8 nitrogen and oxygen atoms in total. The summed E-state index contributed by atoms with van der Waals surface area (Å²) in [5, 5.41) is 9.44. The molecule has 0 unspecified atom stereocenters. The number of carbonyl (C=O) groups excluding carboxylic acids is 2. The first-order valence-corrected chi connectivity index (χ1v) is 8.16. The first-order chi connectivity index (χ1) is 12.6. The molecule has 0 aliphatic carbocycles. The minimum absolute atomic E-state index is 0.0348. The van der Waals surface area contributed by atoms with E-state index in [1.807, 2.05) is 30.3 Å². The van der Waals surface area contributed by atoms with Crippen LogP contribution in [0.15, 0.2) is 58.5 Å². The molecule has 1 aliphatic heterocycles. The Morgan fingerprint density at radius 1 is 1.19 bits per heavy atom. The smallest absolute Gasteiger partial charge is 0.337 e. The topological polar surface area (TPSA) is 102 Å². The SMILES string of the molecule is CCOC(=O)C1=C(Cn2nc(-c3ccccc3)ccc2=O)NC(=O)NC1. The molecular formula is C18H18N4O4. The molecule has 2 aromatic rings. The Labute approximate surface area is 149 Å². The van der Waals surface area contributed by atoms with Gasteiger partial charge in [-0.15, -0.1) is 0 Å². The third-order valence-electron chi connectivity index (χ3n) is 3.82. The number of amides is 2. The number of carbonyl (C=O) groups is 2. The molecule has 1 aromatic carbocycles. The van der Waals surface area contributed by atoms with Crippen LogP contribution < -0.4 is 16.2 Å². The summed E-state index contributed by atoms with van der Waals surface area (Å²) in [6.45, 7) is 1.90. The van der Waals surface area contributed by atoms with Gasteiger partial charge in [-0.1, -0.05) is 30.3 Å². The normalized spacial score (nSPS) is 13.8. The number of esters is 1. The monoisotopic (exact) mass is 354 g/mol. The molecule has 0 fully saturated rings. The van der Waals surface area contributed by atoms with Gasteiger partial charge in [0.1, 0.15) is 0 Å². The van der Waals surface area contributed by atoms with Gasteiger partial charge in [0.15, 0.2) is 0 Å². The molecule has 0 bridgehead atoms. The lowest BCUT2D eigenvalue weighted by Crippen LogP contribution is -2.45. The summed E-state index contributed by atoms with van der Waals surface area (Å²) < 4.78 is 6.22. The predicted molar refractivity (Wildman–Crippen MR) is 94.1 cm³/mol. The van der Waals surface area contributed by atoms with Crippen molar-refractivity contribution >= 4 is 12.0 Å². The maximum Gasteiger partial charge on any atom is 0.337 e.